The average molecular weight is 214 g/mol. The lowest BCUT2D eigenvalue weighted by Crippen LogP contribution is -1.88. The van der Waals surface area contributed by atoms with Crippen LogP contribution in [0.15, 0.2) is 28.7 Å². The van der Waals surface area contributed by atoms with Gasteiger partial charge < -0.3 is 4.42 Å². The van der Waals surface area contributed by atoms with Crippen LogP contribution in [0.3, 0.4) is 0 Å². The molecule has 84 valence electrons. The van der Waals surface area contributed by atoms with Gasteiger partial charge in [0.15, 0.2) is 0 Å². The first-order valence-electron chi connectivity index (χ1n) is 6.03. The Morgan fingerprint density at radius 3 is 2.81 bits per heavy atom. The number of benzene rings is 1. The molecule has 0 N–H and O–H groups in total. The number of furan rings is 1. The fourth-order valence-electron chi connectivity index (χ4n) is 2.07. The second-order valence-corrected chi connectivity index (χ2v) is 3.88. The summed E-state index contributed by atoms with van der Waals surface area (Å²) in [4.78, 5) is 0. The van der Waals surface area contributed by atoms with Gasteiger partial charge in [-0.3, -0.25) is 0 Å². The van der Waals surface area contributed by atoms with E-state index in [0.29, 0.717) is 0 Å². The van der Waals surface area contributed by atoms with Crippen LogP contribution in [0.5, 0.6) is 0 Å². The molecule has 2 aromatic rings. The van der Waals surface area contributed by atoms with Crippen molar-refractivity contribution < 1.29 is 4.42 Å². The third kappa shape index (κ3) is 1.78. The molecule has 0 bridgehead atoms. The van der Waals surface area contributed by atoms with Gasteiger partial charge in [0.2, 0.25) is 0 Å². The quantitative estimate of drug-likeness (QED) is 0.618. The fraction of sp³-hybridized carbons (Fsp3) is 0.333. The second-order valence-electron chi connectivity index (χ2n) is 3.88. The first kappa shape index (κ1) is 11.0. The predicted octanol–water partition coefficient (Wildman–Crippen LogP) is 4.73. The molecule has 0 atom stereocenters. The number of aryl methyl sites for hydroxylation is 2. The van der Waals surface area contributed by atoms with E-state index in [-0.39, 0.29) is 0 Å². The molecule has 1 aromatic carbocycles. The zero-order chi connectivity index (χ0) is 11.5. The lowest BCUT2D eigenvalue weighted by molar-refractivity contribution is 0.546. The van der Waals surface area contributed by atoms with Crippen molar-refractivity contribution in [2.45, 2.75) is 33.6 Å². The normalized spacial score (nSPS) is 13.2. The Balaban J connectivity index is 0.000000457. The topological polar surface area (TPSA) is 13.1 Å². The first-order valence-corrected chi connectivity index (χ1v) is 6.03. The number of allylic oxidation sites excluding steroid dienone is 1. The number of hydrogen-bond acceptors (Lipinski definition) is 1. The number of hydrogen-bond donors (Lipinski definition) is 0. The minimum atomic E-state index is 1.02. The van der Waals surface area contributed by atoms with Crippen molar-refractivity contribution >= 4 is 17.0 Å². The third-order valence-corrected chi connectivity index (χ3v) is 2.78. The summed E-state index contributed by atoms with van der Waals surface area (Å²) in [5.41, 5.74) is 3.60. The molecule has 0 spiro atoms. The zero-order valence-electron chi connectivity index (χ0n) is 10.2. The summed E-state index contributed by atoms with van der Waals surface area (Å²) in [5, 5.41) is 1.26. The largest absolute Gasteiger partial charge is 0.460 e. The molecular weight excluding hydrogens is 196 g/mol. The summed E-state index contributed by atoms with van der Waals surface area (Å²) in [5.74, 6) is 1.15. The maximum Gasteiger partial charge on any atom is 0.134 e. The van der Waals surface area contributed by atoms with E-state index in [2.05, 4.69) is 37.3 Å². The van der Waals surface area contributed by atoms with Crippen molar-refractivity contribution in [2.75, 3.05) is 0 Å². The van der Waals surface area contributed by atoms with Gasteiger partial charge in [-0.2, -0.15) is 0 Å². The van der Waals surface area contributed by atoms with Crippen LogP contribution >= 0.6 is 0 Å². The highest BCUT2D eigenvalue weighted by Gasteiger charge is 2.13. The summed E-state index contributed by atoms with van der Waals surface area (Å²) in [6, 6.07) is 6.37. The van der Waals surface area contributed by atoms with E-state index in [1.807, 2.05) is 13.8 Å². The Kier molecular flexibility index (Phi) is 3.14. The van der Waals surface area contributed by atoms with Crippen LogP contribution in [0.4, 0.5) is 0 Å². The highest BCUT2D eigenvalue weighted by molar-refractivity contribution is 5.89. The molecule has 0 aliphatic heterocycles. The predicted molar refractivity (Wildman–Crippen MR) is 69.7 cm³/mol. The molecule has 1 aliphatic carbocycles. The van der Waals surface area contributed by atoms with Crippen molar-refractivity contribution in [2.24, 2.45) is 0 Å². The molecule has 0 amide bonds. The molecular formula is C15H18O. The van der Waals surface area contributed by atoms with Crippen LogP contribution in [0.2, 0.25) is 0 Å². The lowest BCUT2D eigenvalue weighted by atomic mass is 10.0. The number of rotatable bonds is 0. The molecule has 0 unspecified atom stereocenters. The first-order chi connectivity index (χ1) is 7.84. The van der Waals surface area contributed by atoms with E-state index in [4.69, 9.17) is 4.42 Å². The Hall–Kier alpha value is -1.50. The van der Waals surface area contributed by atoms with Gasteiger partial charge in [-0.25, -0.2) is 0 Å². The van der Waals surface area contributed by atoms with Crippen molar-refractivity contribution in [3.05, 3.63) is 41.2 Å². The van der Waals surface area contributed by atoms with Crippen LogP contribution in [0, 0.1) is 6.92 Å². The molecule has 0 fully saturated rings. The molecule has 0 saturated heterocycles. The van der Waals surface area contributed by atoms with E-state index < -0.39 is 0 Å². The van der Waals surface area contributed by atoms with Crippen molar-refractivity contribution in [3.8, 4) is 0 Å². The van der Waals surface area contributed by atoms with Gasteiger partial charge in [0, 0.05) is 17.4 Å². The summed E-state index contributed by atoms with van der Waals surface area (Å²) in [6.07, 6.45) is 6.55. The van der Waals surface area contributed by atoms with Gasteiger partial charge in [-0.15, -0.1) is 0 Å². The summed E-state index contributed by atoms with van der Waals surface area (Å²) in [7, 11) is 0. The van der Waals surface area contributed by atoms with E-state index in [1.54, 1.807) is 0 Å². The molecule has 16 heavy (non-hydrogen) atoms. The number of fused-ring (bicyclic) bond motifs is 3. The van der Waals surface area contributed by atoms with Crippen LogP contribution in [0.1, 0.15) is 37.2 Å². The van der Waals surface area contributed by atoms with E-state index in [1.165, 1.54) is 16.5 Å². The monoisotopic (exact) mass is 214 g/mol. The van der Waals surface area contributed by atoms with E-state index >= 15 is 0 Å². The Morgan fingerprint density at radius 2 is 2.00 bits per heavy atom. The Morgan fingerprint density at radius 1 is 1.19 bits per heavy atom. The maximum atomic E-state index is 5.79. The fourth-order valence-corrected chi connectivity index (χ4v) is 2.07. The van der Waals surface area contributed by atoms with Crippen molar-refractivity contribution in [1.82, 2.24) is 0 Å². The zero-order valence-corrected chi connectivity index (χ0v) is 10.2. The van der Waals surface area contributed by atoms with Crippen molar-refractivity contribution in [3.63, 3.8) is 0 Å². The van der Waals surface area contributed by atoms with Gasteiger partial charge in [0.25, 0.3) is 0 Å². The minimum Gasteiger partial charge on any atom is -0.460 e. The molecule has 1 aliphatic rings. The highest BCUT2D eigenvalue weighted by Crippen LogP contribution is 2.31. The van der Waals surface area contributed by atoms with E-state index in [9.17, 15) is 0 Å². The second kappa shape index (κ2) is 4.56. The van der Waals surface area contributed by atoms with E-state index in [0.717, 1.165) is 24.2 Å². The third-order valence-electron chi connectivity index (χ3n) is 2.78. The van der Waals surface area contributed by atoms with Gasteiger partial charge in [-0.05, 0) is 25.5 Å². The van der Waals surface area contributed by atoms with Gasteiger partial charge >= 0.3 is 0 Å². The van der Waals surface area contributed by atoms with Crippen LogP contribution in [-0.2, 0) is 6.42 Å². The molecule has 1 heteroatoms. The summed E-state index contributed by atoms with van der Waals surface area (Å²) < 4.78 is 5.79. The smallest absolute Gasteiger partial charge is 0.134 e. The van der Waals surface area contributed by atoms with Crippen molar-refractivity contribution in [1.29, 1.82) is 0 Å². The van der Waals surface area contributed by atoms with Gasteiger partial charge in [0.05, 0.1) is 0 Å². The lowest BCUT2D eigenvalue weighted by Gasteiger charge is -2.01. The SMILES string of the molecule is CC.Cc1ccc2oc3c(c2c1)C=CCC3. The van der Waals surface area contributed by atoms with Crippen LogP contribution < -0.4 is 0 Å². The molecule has 0 radical (unpaired) electrons. The highest BCUT2D eigenvalue weighted by atomic mass is 16.3. The molecule has 1 nitrogen and oxygen atoms in total. The maximum absolute atomic E-state index is 5.79. The minimum absolute atomic E-state index is 1.02. The van der Waals surface area contributed by atoms with Gasteiger partial charge in [0.1, 0.15) is 11.3 Å². The molecule has 1 aromatic heterocycles. The summed E-state index contributed by atoms with van der Waals surface area (Å²) in [6.45, 7) is 6.12. The Bertz CT molecular complexity index is 517. The summed E-state index contributed by atoms with van der Waals surface area (Å²) >= 11 is 0. The molecule has 3 rings (SSSR count). The van der Waals surface area contributed by atoms with Gasteiger partial charge in [-0.1, -0.05) is 37.6 Å². The van der Waals surface area contributed by atoms with Crippen LogP contribution in [-0.4, -0.2) is 0 Å². The molecule has 1 heterocycles. The van der Waals surface area contributed by atoms with Crippen LogP contribution in [0.25, 0.3) is 17.0 Å². The molecule has 0 saturated carbocycles. The average Bonchev–Trinajstić information content (AvgIpc) is 2.70. The standard InChI is InChI=1S/C13H12O.C2H6/c1-9-6-7-13-11(8-9)10-4-2-3-5-12(10)14-13;1-2/h2,4,6-8H,3,5H2,1H3;1-2H3. The Labute approximate surface area is 96.8 Å².